The number of aryl methyl sites for hydroxylation is 1. The van der Waals surface area contributed by atoms with Crippen molar-refractivity contribution in [1.29, 1.82) is 0 Å². The molecule has 1 aliphatic rings. The van der Waals surface area contributed by atoms with E-state index in [2.05, 4.69) is 13.0 Å². The van der Waals surface area contributed by atoms with Crippen LogP contribution in [-0.4, -0.2) is 12.2 Å². The highest BCUT2D eigenvalue weighted by Crippen LogP contribution is 2.42. The van der Waals surface area contributed by atoms with Crippen LogP contribution in [0, 0.1) is 18.8 Å². The molecule has 19 heavy (non-hydrogen) atoms. The van der Waals surface area contributed by atoms with Crippen LogP contribution in [0.25, 0.3) is 0 Å². The van der Waals surface area contributed by atoms with E-state index in [0.717, 1.165) is 24.2 Å². The average Bonchev–Trinajstić information content (AvgIpc) is 2.46. The van der Waals surface area contributed by atoms with Crippen LogP contribution < -0.4 is 4.74 Å². The van der Waals surface area contributed by atoms with Gasteiger partial charge < -0.3 is 9.84 Å². The smallest absolute Gasteiger partial charge is 0.124 e. The third kappa shape index (κ3) is 3.11. The monoisotopic (exact) mass is 262 g/mol. The lowest BCUT2D eigenvalue weighted by molar-refractivity contribution is 0.0435. The van der Waals surface area contributed by atoms with Gasteiger partial charge in [0.2, 0.25) is 0 Å². The van der Waals surface area contributed by atoms with Crippen molar-refractivity contribution < 1.29 is 9.84 Å². The zero-order valence-electron chi connectivity index (χ0n) is 12.4. The third-order valence-corrected chi connectivity index (χ3v) is 4.61. The molecule has 1 N–H and O–H groups in total. The first-order chi connectivity index (χ1) is 9.17. The molecule has 0 radical (unpaired) electrons. The maximum atomic E-state index is 10.8. The molecule has 3 unspecified atom stereocenters. The summed E-state index contributed by atoms with van der Waals surface area (Å²) in [5, 5.41) is 10.8. The highest BCUT2D eigenvalue weighted by atomic mass is 16.5. The highest BCUT2D eigenvalue weighted by Gasteiger charge is 2.31. The number of benzene rings is 1. The largest absolute Gasteiger partial charge is 0.496 e. The van der Waals surface area contributed by atoms with Crippen LogP contribution >= 0.6 is 0 Å². The number of aliphatic hydroxyl groups excluding tert-OH is 1. The SMILES string of the molecule is CCC1CCCCC1C(O)c1ccc(C)cc1OC. The summed E-state index contributed by atoms with van der Waals surface area (Å²) >= 11 is 0. The van der Waals surface area contributed by atoms with E-state index in [-0.39, 0.29) is 6.10 Å². The summed E-state index contributed by atoms with van der Waals surface area (Å²) in [5.74, 6) is 1.86. The van der Waals surface area contributed by atoms with E-state index in [1.54, 1.807) is 7.11 Å². The molecule has 1 aromatic rings. The van der Waals surface area contributed by atoms with Gasteiger partial charge in [0.1, 0.15) is 5.75 Å². The molecule has 0 amide bonds. The minimum Gasteiger partial charge on any atom is -0.496 e. The average molecular weight is 262 g/mol. The van der Waals surface area contributed by atoms with E-state index in [1.165, 1.54) is 24.8 Å². The molecule has 0 aliphatic heterocycles. The normalized spacial score (nSPS) is 25.1. The second kappa shape index (κ2) is 6.42. The topological polar surface area (TPSA) is 29.5 Å². The summed E-state index contributed by atoms with van der Waals surface area (Å²) in [6, 6.07) is 6.10. The van der Waals surface area contributed by atoms with E-state index in [4.69, 9.17) is 4.74 Å². The Bertz CT molecular complexity index is 414. The Kier molecular flexibility index (Phi) is 4.87. The van der Waals surface area contributed by atoms with Crippen molar-refractivity contribution in [3.05, 3.63) is 29.3 Å². The van der Waals surface area contributed by atoms with Gasteiger partial charge in [-0.15, -0.1) is 0 Å². The summed E-state index contributed by atoms with van der Waals surface area (Å²) in [6.45, 7) is 4.29. The maximum absolute atomic E-state index is 10.8. The molecular weight excluding hydrogens is 236 g/mol. The molecule has 3 atom stereocenters. The lowest BCUT2D eigenvalue weighted by Crippen LogP contribution is -2.25. The molecule has 1 aromatic carbocycles. The summed E-state index contributed by atoms with van der Waals surface area (Å²) in [5.41, 5.74) is 2.13. The minimum absolute atomic E-state index is 0.385. The van der Waals surface area contributed by atoms with Gasteiger partial charge in [-0.25, -0.2) is 0 Å². The van der Waals surface area contributed by atoms with Gasteiger partial charge in [0.15, 0.2) is 0 Å². The van der Waals surface area contributed by atoms with Gasteiger partial charge in [-0.3, -0.25) is 0 Å². The Labute approximate surface area is 116 Å². The molecular formula is C17H26O2. The fraction of sp³-hybridized carbons (Fsp3) is 0.647. The number of ether oxygens (including phenoxy) is 1. The number of rotatable bonds is 4. The molecule has 2 heteroatoms. The summed E-state index contributed by atoms with van der Waals surface area (Å²) in [4.78, 5) is 0. The Morgan fingerprint density at radius 1 is 1.32 bits per heavy atom. The fourth-order valence-electron chi connectivity index (χ4n) is 3.45. The Balaban J connectivity index is 2.24. The van der Waals surface area contributed by atoms with Gasteiger partial charge in [0.25, 0.3) is 0 Å². The van der Waals surface area contributed by atoms with Gasteiger partial charge >= 0.3 is 0 Å². The zero-order chi connectivity index (χ0) is 13.8. The summed E-state index contributed by atoms with van der Waals surface area (Å²) < 4.78 is 5.45. The predicted molar refractivity (Wildman–Crippen MR) is 78.4 cm³/mol. The van der Waals surface area contributed by atoms with Gasteiger partial charge in [-0.1, -0.05) is 44.7 Å². The molecule has 1 aliphatic carbocycles. The molecule has 0 aromatic heterocycles. The molecule has 1 fully saturated rings. The quantitative estimate of drug-likeness (QED) is 0.878. The van der Waals surface area contributed by atoms with Crippen molar-refractivity contribution >= 4 is 0 Å². The standard InChI is InChI=1S/C17H26O2/c1-4-13-7-5-6-8-14(13)17(18)15-10-9-12(2)11-16(15)19-3/h9-11,13-14,17-18H,4-8H2,1-3H3. The molecule has 0 spiro atoms. The first-order valence-corrected chi connectivity index (χ1v) is 7.50. The van der Waals surface area contributed by atoms with Crippen LogP contribution in [-0.2, 0) is 0 Å². The highest BCUT2D eigenvalue weighted by molar-refractivity contribution is 5.39. The predicted octanol–water partition coefficient (Wildman–Crippen LogP) is 4.25. The fourth-order valence-corrected chi connectivity index (χ4v) is 3.45. The molecule has 0 bridgehead atoms. The second-order valence-corrected chi connectivity index (χ2v) is 5.81. The van der Waals surface area contributed by atoms with Crippen LogP contribution in [0.2, 0.25) is 0 Å². The lowest BCUT2D eigenvalue weighted by atomic mass is 9.73. The summed E-state index contributed by atoms with van der Waals surface area (Å²) in [7, 11) is 1.68. The molecule has 0 heterocycles. The van der Waals surface area contributed by atoms with Crippen LogP contribution in [0.5, 0.6) is 5.75 Å². The number of hydrogen-bond acceptors (Lipinski definition) is 2. The van der Waals surface area contributed by atoms with Crippen molar-refractivity contribution in [3.8, 4) is 5.75 Å². The first kappa shape index (κ1) is 14.4. The lowest BCUT2D eigenvalue weighted by Gasteiger charge is -2.35. The Morgan fingerprint density at radius 3 is 2.74 bits per heavy atom. The maximum Gasteiger partial charge on any atom is 0.124 e. The van der Waals surface area contributed by atoms with Crippen molar-refractivity contribution in [2.45, 2.75) is 52.1 Å². The zero-order valence-corrected chi connectivity index (χ0v) is 12.4. The number of methoxy groups -OCH3 is 1. The minimum atomic E-state index is -0.388. The Hall–Kier alpha value is -1.02. The van der Waals surface area contributed by atoms with Gasteiger partial charge in [0, 0.05) is 5.56 Å². The van der Waals surface area contributed by atoms with E-state index in [1.807, 2.05) is 19.1 Å². The first-order valence-electron chi connectivity index (χ1n) is 7.50. The van der Waals surface area contributed by atoms with Gasteiger partial charge in [0.05, 0.1) is 13.2 Å². The molecule has 0 saturated heterocycles. The van der Waals surface area contributed by atoms with Crippen LogP contribution in [0.15, 0.2) is 18.2 Å². The molecule has 2 rings (SSSR count). The van der Waals surface area contributed by atoms with Gasteiger partial charge in [-0.2, -0.15) is 0 Å². The number of hydrogen-bond donors (Lipinski definition) is 1. The molecule has 1 saturated carbocycles. The van der Waals surface area contributed by atoms with Gasteiger partial charge in [-0.05, 0) is 36.8 Å². The number of aliphatic hydroxyl groups is 1. The summed E-state index contributed by atoms with van der Waals surface area (Å²) in [6.07, 6.45) is 5.72. The van der Waals surface area contributed by atoms with Crippen molar-refractivity contribution in [1.82, 2.24) is 0 Å². The van der Waals surface area contributed by atoms with E-state index >= 15 is 0 Å². The van der Waals surface area contributed by atoms with Crippen molar-refractivity contribution in [2.24, 2.45) is 11.8 Å². The van der Waals surface area contributed by atoms with Crippen LogP contribution in [0.1, 0.15) is 56.3 Å². The molecule has 2 nitrogen and oxygen atoms in total. The molecule has 106 valence electrons. The van der Waals surface area contributed by atoms with Crippen LogP contribution in [0.4, 0.5) is 0 Å². The second-order valence-electron chi connectivity index (χ2n) is 5.81. The van der Waals surface area contributed by atoms with E-state index < -0.39 is 0 Å². The Morgan fingerprint density at radius 2 is 2.05 bits per heavy atom. The third-order valence-electron chi connectivity index (χ3n) is 4.61. The van der Waals surface area contributed by atoms with Crippen molar-refractivity contribution in [2.75, 3.05) is 7.11 Å². The van der Waals surface area contributed by atoms with E-state index in [9.17, 15) is 5.11 Å². The van der Waals surface area contributed by atoms with Crippen LogP contribution in [0.3, 0.4) is 0 Å². The van der Waals surface area contributed by atoms with Crippen molar-refractivity contribution in [3.63, 3.8) is 0 Å². The van der Waals surface area contributed by atoms with E-state index in [0.29, 0.717) is 11.8 Å².